The third-order valence-electron chi connectivity index (χ3n) is 3.80. The maximum atomic E-state index is 12.5. The number of benzene rings is 2. The molecule has 0 aliphatic carbocycles. The van der Waals surface area contributed by atoms with Gasteiger partial charge in [0.1, 0.15) is 11.6 Å². The Bertz CT molecular complexity index is 963. The van der Waals surface area contributed by atoms with Crippen LogP contribution < -0.4 is 20.1 Å². The molecule has 0 spiro atoms. The van der Waals surface area contributed by atoms with Gasteiger partial charge in [0.2, 0.25) is 0 Å². The van der Waals surface area contributed by atoms with Crippen LogP contribution in [0, 0.1) is 11.3 Å². The first-order chi connectivity index (χ1) is 14.0. The van der Waals surface area contributed by atoms with Gasteiger partial charge in [0.15, 0.2) is 11.5 Å². The Balaban J connectivity index is 2.18. The Morgan fingerprint density at radius 2 is 1.83 bits per heavy atom. The second-order valence-electron chi connectivity index (χ2n) is 5.60. The summed E-state index contributed by atoms with van der Waals surface area (Å²) in [5.74, 6) is -0.181. The molecule has 0 saturated heterocycles. The quantitative estimate of drug-likeness (QED) is 0.401. The summed E-state index contributed by atoms with van der Waals surface area (Å²) < 4.78 is 15.4. The monoisotopic (exact) mass is 395 g/mol. The van der Waals surface area contributed by atoms with Crippen LogP contribution in [0.2, 0.25) is 0 Å². The lowest BCUT2D eigenvalue weighted by atomic mass is 10.1. The van der Waals surface area contributed by atoms with Crippen LogP contribution in [0.1, 0.15) is 17.3 Å². The fraction of sp³-hybridized carbons (Fsp3) is 0.190. The van der Waals surface area contributed by atoms with Gasteiger partial charge in [-0.25, -0.2) is 4.79 Å². The average molecular weight is 395 g/mol. The number of amides is 1. The van der Waals surface area contributed by atoms with Crippen LogP contribution in [0.15, 0.2) is 54.2 Å². The lowest BCUT2D eigenvalue weighted by molar-refractivity contribution is -0.112. The number of nitriles is 1. The number of nitrogens with one attached hydrogen (secondary N) is 2. The van der Waals surface area contributed by atoms with Gasteiger partial charge in [-0.05, 0) is 31.2 Å². The van der Waals surface area contributed by atoms with E-state index in [4.69, 9.17) is 14.2 Å². The normalized spacial score (nSPS) is 10.5. The molecule has 0 heterocycles. The molecule has 29 heavy (non-hydrogen) atoms. The number of methoxy groups -OCH3 is 2. The molecule has 2 N–H and O–H groups in total. The van der Waals surface area contributed by atoms with Crippen molar-refractivity contribution in [1.29, 1.82) is 5.26 Å². The van der Waals surface area contributed by atoms with Gasteiger partial charge in [-0.3, -0.25) is 4.79 Å². The first-order valence-electron chi connectivity index (χ1n) is 8.70. The lowest BCUT2D eigenvalue weighted by Crippen LogP contribution is -2.17. The van der Waals surface area contributed by atoms with Crippen LogP contribution in [0.4, 0.5) is 11.4 Å². The molecule has 0 bridgehead atoms. The molecule has 0 unspecified atom stereocenters. The predicted molar refractivity (Wildman–Crippen MR) is 108 cm³/mol. The summed E-state index contributed by atoms with van der Waals surface area (Å²) in [5, 5.41) is 14.8. The average Bonchev–Trinajstić information content (AvgIpc) is 2.74. The summed E-state index contributed by atoms with van der Waals surface area (Å²) in [6.45, 7) is 1.90. The number of carbonyl (C=O) groups excluding carboxylic acids is 2. The zero-order chi connectivity index (χ0) is 21.2. The van der Waals surface area contributed by atoms with Crippen molar-refractivity contribution in [2.75, 3.05) is 31.5 Å². The molecule has 0 radical (unpaired) electrons. The van der Waals surface area contributed by atoms with E-state index in [2.05, 4.69) is 10.6 Å². The highest BCUT2D eigenvalue weighted by molar-refractivity contribution is 6.09. The van der Waals surface area contributed by atoms with Crippen molar-refractivity contribution >= 4 is 23.3 Å². The van der Waals surface area contributed by atoms with E-state index in [1.54, 1.807) is 43.3 Å². The molecular formula is C21H21N3O5. The number of nitrogens with zero attached hydrogens (tertiary/aromatic N) is 1. The Hall–Kier alpha value is -3.99. The van der Waals surface area contributed by atoms with Crippen molar-refractivity contribution in [2.45, 2.75) is 6.92 Å². The van der Waals surface area contributed by atoms with E-state index < -0.39 is 11.9 Å². The van der Waals surface area contributed by atoms with Crippen molar-refractivity contribution in [3.05, 3.63) is 59.8 Å². The Kier molecular flexibility index (Phi) is 7.62. The van der Waals surface area contributed by atoms with E-state index in [0.29, 0.717) is 17.2 Å². The molecule has 2 aromatic carbocycles. The second-order valence-corrected chi connectivity index (χ2v) is 5.60. The highest BCUT2D eigenvalue weighted by Gasteiger charge is 2.16. The van der Waals surface area contributed by atoms with E-state index in [1.165, 1.54) is 26.5 Å². The molecule has 2 aromatic rings. The second kappa shape index (κ2) is 10.4. The number of hydrogen-bond donors (Lipinski definition) is 2. The van der Waals surface area contributed by atoms with Crippen molar-refractivity contribution in [1.82, 2.24) is 0 Å². The molecule has 8 nitrogen and oxygen atoms in total. The van der Waals surface area contributed by atoms with Crippen LogP contribution >= 0.6 is 0 Å². The Morgan fingerprint density at radius 3 is 2.48 bits per heavy atom. The molecule has 8 heteroatoms. The fourth-order valence-electron chi connectivity index (χ4n) is 2.40. The topological polar surface area (TPSA) is 110 Å². The van der Waals surface area contributed by atoms with Gasteiger partial charge in [0.05, 0.1) is 32.1 Å². The van der Waals surface area contributed by atoms with Gasteiger partial charge >= 0.3 is 5.97 Å². The van der Waals surface area contributed by atoms with Gasteiger partial charge in [-0.15, -0.1) is 0 Å². The number of anilines is 2. The number of hydrogen-bond acceptors (Lipinski definition) is 7. The summed E-state index contributed by atoms with van der Waals surface area (Å²) in [6, 6.07) is 13.3. The molecule has 0 aliphatic rings. The summed E-state index contributed by atoms with van der Waals surface area (Å²) in [7, 11) is 3.03. The maximum Gasteiger partial charge on any atom is 0.340 e. The summed E-state index contributed by atoms with van der Waals surface area (Å²) in [5.41, 5.74) is 0.865. The van der Waals surface area contributed by atoms with E-state index in [0.717, 1.165) is 0 Å². The third-order valence-corrected chi connectivity index (χ3v) is 3.80. The number of ether oxygens (including phenoxy) is 3. The SMILES string of the molecule is CCOC(=O)c1ccccc1NC(=O)/C(C#N)=C\Nc1ccc(OC)c(OC)c1. The highest BCUT2D eigenvalue weighted by Crippen LogP contribution is 2.29. The molecule has 2 rings (SSSR count). The zero-order valence-corrected chi connectivity index (χ0v) is 16.3. The molecule has 0 saturated carbocycles. The van der Waals surface area contributed by atoms with Crippen LogP contribution in [-0.4, -0.2) is 32.7 Å². The largest absolute Gasteiger partial charge is 0.493 e. The lowest BCUT2D eigenvalue weighted by Gasteiger charge is -2.11. The molecule has 0 aliphatic heterocycles. The third kappa shape index (κ3) is 5.49. The smallest absolute Gasteiger partial charge is 0.340 e. The molecule has 150 valence electrons. The van der Waals surface area contributed by atoms with E-state index in [9.17, 15) is 14.9 Å². The summed E-state index contributed by atoms with van der Waals surface area (Å²) in [4.78, 5) is 24.5. The van der Waals surface area contributed by atoms with Crippen molar-refractivity contribution in [3.63, 3.8) is 0 Å². The van der Waals surface area contributed by atoms with Gasteiger partial charge in [-0.1, -0.05) is 12.1 Å². The molecule has 0 aromatic heterocycles. The standard InChI is InChI=1S/C21H21N3O5/c1-4-29-21(26)16-7-5-6-8-17(16)24-20(25)14(12-22)13-23-15-9-10-18(27-2)19(11-15)28-3/h5-11,13,23H,4H2,1-3H3,(H,24,25)/b14-13-. The number of carbonyl (C=O) groups is 2. The van der Waals surface area contributed by atoms with Gasteiger partial charge in [0.25, 0.3) is 5.91 Å². The van der Waals surface area contributed by atoms with E-state index >= 15 is 0 Å². The Labute approximate surface area is 168 Å². The van der Waals surface area contributed by atoms with E-state index in [-0.39, 0.29) is 23.4 Å². The van der Waals surface area contributed by atoms with Crippen molar-refractivity contribution in [3.8, 4) is 17.6 Å². The van der Waals surface area contributed by atoms with Gasteiger partial charge < -0.3 is 24.8 Å². The molecular weight excluding hydrogens is 374 g/mol. The molecule has 1 amide bonds. The number of esters is 1. The number of para-hydroxylation sites is 1. The number of rotatable bonds is 8. The first kappa shape index (κ1) is 21.3. The van der Waals surface area contributed by atoms with Gasteiger partial charge in [0, 0.05) is 18.0 Å². The summed E-state index contributed by atoms with van der Waals surface area (Å²) >= 11 is 0. The van der Waals surface area contributed by atoms with Crippen molar-refractivity contribution in [2.24, 2.45) is 0 Å². The van der Waals surface area contributed by atoms with Crippen LogP contribution in [0.3, 0.4) is 0 Å². The maximum absolute atomic E-state index is 12.5. The minimum Gasteiger partial charge on any atom is -0.493 e. The molecule has 0 atom stereocenters. The summed E-state index contributed by atoms with van der Waals surface area (Å²) in [6.07, 6.45) is 1.27. The predicted octanol–water partition coefficient (Wildman–Crippen LogP) is 3.34. The van der Waals surface area contributed by atoms with Crippen LogP contribution in [0.5, 0.6) is 11.5 Å². The van der Waals surface area contributed by atoms with Gasteiger partial charge in [-0.2, -0.15) is 5.26 Å². The zero-order valence-electron chi connectivity index (χ0n) is 16.3. The minimum atomic E-state index is -0.669. The highest BCUT2D eigenvalue weighted by atomic mass is 16.5. The fourth-order valence-corrected chi connectivity index (χ4v) is 2.40. The van der Waals surface area contributed by atoms with E-state index in [1.807, 2.05) is 6.07 Å². The molecule has 0 fully saturated rings. The van der Waals surface area contributed by atoms with Crippen LogP contribution in [-0.2, 0) is 9.53 Å². The van der Waals surface area contributed by atoms with Crippen molar-refractivity contribution < 1.29 is 23.8 Å². The van der Waals surface area contributed by atoms with Crippen LogP contribution in [0.25, 0.3) is 0 Å². The minimum absolute atomic E-state index is 0.182. The Morgan fingerprint density at radius 1 is 1.10 bits per heavy atom. The first-order valence-corrected chi connectivity index (χ1v) is 8.70.